The van der Waals surface area contributed by atoms with E-state index in [1.807, 2.05) is 17.0 Å². The van der Waals surface area contributed by atoms with Gasteiger partial charge >= 0.3 is 6.03 Å². The van der Waals surface area contributed by atoms with Crippen molar-refractivity contribution in [3.63, 3.8) is 0 Å². The normalized spacial score (nSPS) is 23.1. The summed E-state index contributed by atoms with van der Waals surface area (Å²) in [7, 11) is 0. The molecule has 1 fully saturated rings. The van der Waals surface area contributed by atoms with E-state index in [0.717, 1.165) is 25.3 Å². The van der Waals surface area contributed by atoms with Crippen molar-refractivity contribution >= 4 is 11.7 Å². The van der Waals surface area contributed by atoms with Crippen molar-refractivity contribution in [2.45, 2.75) is 33.7 Å². The molecule has 4 heteroatoms. The Morgan fingerprint density at radius 3 is 2.33 bits per heavy atom. The Hall–Kier alpha value is -1.55. The van der Waals surface area contributed by atoms with E-state index in [-0.39, 0.29) is 6.03 Å². The molecule has 1 saturated heterocycles. The zero-order valence-electron chi connectivity index (χ0n) is 13.5. The van der Waals surface area contributed by atoms with Gasteiger partial charge < -0.3 is 15.5 Å². The van der Waals surface area contributed by atoms with Crippen molar-refractivity contribution in [2.24, 2.45) is 11.8 Å². The predicted octanol–water partition coefficient (Wildman–Crippen LogP) is 3.48. The molecule has 1 aliphatic rings. The third-order valence-electron chi connectivity index (χ3n) is 4.45. The van der Waals surface area contributed by atoms with Crippen LogP contribution in [0.15, 0.2) is 24.3 Å². The molecule has 1 aliphatic heterocycles. The predicted molar refractivity (Wildman–Crippen MR) is 87.5 cm³/mol. The van der Waals surface area contributed by atoms with Gasteiger partial charge in [0.15, 0.2) is 0 Å². The lowest BCUT2D eigenvalue weighted by Gasteiger charge is -2.18. The Balaban J connectivity index is 1.93. The zero-order valence-corrected chi connectivity index (χ0v) is 13.5. The Morgan fingerprint density at radius 1 is 1.24 bits per heavy atom. The first kappa shape index (κ1) is 15.8. The number of carbonyl (C=O) groups excluding carboxylic acids is 1. The third kappa shape index (κ3) is 3.97. The number of likely N-dealkylation sites (tertiary alicyclic amines) is 1. The van der Waals surface area contributed by atoms with Gasteiger partial charge in [-0.05, 0) is 43.0 Å². The van der Waals surface area contributed by atoms with E-state index in [2.05, 4.69) is 50.5 Å². The number of urea groups is 1. The molecule has 2 amide bonds. The number of hydrogen-bond donors (Lipinski definition) is 2. The summed E-state index contributed by atoms with van der Waals surface area (Å²) >= 11 is 0. The molecule has 4 nitrogen and oxygen atoms in total. The van der Waals surface area contributed by atoms with Crippen molar-refractivity contribution in [3.8, 4) is 0 Å². The molecule has 2 N–H and O–H groups in total. The molecular formula is C17H27N3O. The van der Waals surface area contributed by atoms with Crippen LogP contribution in [0.1, 0.15) is 39.3 Å². The van der Waals surface area contributed by atoms with Gasteiger partial charge in [-0.2, -0.15) is 0 Å². The third-order valence-corrected chi connectivity index (χ3v) is 4.45. The molecule has 3 unspecified atom stereocenters. The molecule has 1 aromatic carbocycles. The average molecular weight is 289 g/mol. The standard InChI is InChI=1S/C17H27N3O/c1-5-18-14(4)15-6-8-16(9-7-15)19-17(21)20-10-12(2)13(3)11-20/h6-9,12-14,18H,5,10-11H2,1-4H3,(H,19,21). The number of nitrogens with one attached hydrogen (secondary N) is 2. The van der Waals surface area contributed by atoms with Crippen LogP contribution >= 0.6 is 0 Å². The van der Waals surface area contributed by atoms with E-state index in [0.29, 0.717) is 17.9 Å². The summed E-state index contributed by atoms with van der Waals surface area (Å²) < 4.78 is 0. The molecule has 3 atom stereocenters. The first-order chi connectivity index (χ1) is 10.0. The van der Waals surface area contributed by atoms with Crippen LogP contribution in [-0.2, 0) is 0 Å². The van der Waals surface area contributed by atoms with Gasteiger partial charge in [-0.15, -0.1) is 0 Å². The molecular weight excluding hydrogens is 262 g/mol. The van der Waals surface area contributed by atoms with E-state index < -0.39 is 0 Å². The molecule has 0 aliphatic carbocycles. The Morgan fingerprint density at radius 2 is 1.81 bits per heavy atom. The van der Waals surface area contributed by atoms with Crippen LogP contribution in [0.3, 0.4) is 0 Å². The number of nitrogens with zero attached hydrogens (tertiary/aromatic N) is 1. The summed E-state index contributed by atoms with van der Waals surface area (Å²) in [5.74, 6) is 1.16. The quantitative estimate of drug-likeness (QED) is 0.891. The summed E-state index contributed by atoms with van der Waals surface area (Å²) in [5.41, 5.74) is 2.10. The van der Waals surface area contributed by atoms with Crippen LogP contribution in [0.2, 0.25) is 0 Å². The molecule has 116 valence electrons. The van der Waals surface area contributed by atoms with Crippen LogP contribution in [0.5, 0.6) is 0 Å². The summed E-state index contributed by atoms with van der Waals surface area (Å²) in [6.07, 6.45) is 0. The number of amides is 2. The van der Waals surface area contributed by atoms with Gasteiger partial charge in [0.2, 0.25) is 0 Å². The highest BCUT2D eigenvalue weighted by molar-refractivity contribution is 5.89. The van der Waals surface area contributed by atoms with E-state index in [4.69, 9.17) is 0 Å². The lowest BCUT2D eigenvalue weighted by Crippen LogP contribution is -2.33. The van der Waals surface area contributed by atoms with Crippen molar-refractivity contribution in [2.75, 3.05) is 25.0 Å². The van der Waals surface area contributed by atoms with Crippen molar-refractivity contribution in [1.29, 1.82) is 0 Å². The summed E-state index contributed by atoms with van der Waals surface area (Å²) in [5, 5.41) is 6.37. The van der Waals surface area contributed by atoms with Crippen LogP contribution in [0, 0.1) is 11.8 Å². The fourth-order valence-electron chi connectivity index (χ4n) is 2.78. The first-order valence-corrected chi connectivity index (χ1v) is 7.90. The minimum absolute atomic E-state index is 0.0127. The molecule has 21 heavy (non-hydrogen) atoms. The Bertz CT molecular complexity index is 461. The highest BCUT2D eigenvalue weighted by Crippen LogP contribution is 2.23. The van der Waals surface area contributed by atoms with Crippen molar-refractivity contribution < 1.29 is 4.79 Å². The smallest absolute Gasteiger partial charge is 0.321 e. The monoisotopic (exact) mass is 289 g/mol. The van der Waals surface area contributed by atoms with Crippen LogP contribution in [0.25, 0.3) is 0 Å². The molecule has 0 spiro atoms. The average Bonchev–Trinajstić information content (AvgIpc) is 2.80. The van der Waals surface area contributed by atoms with E-state index in [9.17, 15) is 4.79 Å². The van der Waals surface area contributed by atoms with Crippen LogP contribution < -0.4 is 10.6 Å². The SMILES string of the molecule is CCNC(C)c1ccc(NC(=O)N2CC(C)C(C)C2)cc1. The lowest BCUT2D eigenvalue weighted by molar-refractivity contribution is 0.220. The Kier molecular flexibility index (Phi) is 5.23. The van der Waals surface area contributed by atoms with Gasteiger partial charge in [-0.25, -0.2) is 4.79 Å². The van der Waals surface area contributed by atoms with Gasteiger partial charge in [-0.1, -0.05) is 32.9 Å². The fourth-order valence-corrected chi connectivity index (χ4v) is 2.78. The minimum atomic E-state index is 0.0127. The topological polar surface area (TPSA) is 44.4 Å². The van der Waals surface area contributed by atoms with Gasteiger partial charge in [-0.3, -0.25) is 0 Å². The largest absolute Gasteiger partial charge is 0.324 e. The fraction of sp³-hybridized carbons (Fsp3) is 0.588. The maximum Gasteiger partial charge on any atom is 0.321 e. The van der Waals surface area contributed by atoms with E-state index in [1.54, 1.807) is 0 Å². The summed E-state index contributed by atoms with van der Waals surface area (Å²) in [6.45, 7) is 11.3. The maximum atomic E-state index is 12.2. The van der Waals surface area contributed by atoms with Crippen molar-refractivity contribution in [1.82, 2.24) is 10.2 Å². The molecule has 1 aromatic rings. The second-order valence-electron chi connectivity index (χ2n) is 6.19. The summed E-state index contributed by atoms with van der Waals surface area (Å²) in [4.78, 5) is 14.1. The van der Waals surface area contributed by atoms with Gasteiger partial charge in [0.1, 0.15) is 0 Å². The molecule has 0 aromatic heterocycles. The summed E-state index contributed by atoms with van der Waals surface area (Å²) in [6, 6.07) is 8.43. The highest BCUT2D eigenvalue weighted by atomic mass is 16.2. The van der Waals surface area contributed by atoms with E-state index >= 15 is 0 Å². The molecule has 0 saturated carbocycles. The zero-order chi connectivity index (χ0) is 15.4. The molecule has 0 radical (unpaired) electrons. The lowest BCUT2D eigenvalue weighted by atomic mass is 10.0. The number of carbonyl (C=O) groups is 1. The first-order valence-electron chi connectivity index (χ1n) is 7.90. The maximum absolute atomic E-state index is 12.2. The highest BCUT2D eigenvalue weighted by Gasteiger charge is 2.29. The minimum Gasteiger partial charge on any atom is -0.324 e. The van der Waals surface area contributed by atoms with Crippen LogP contribution in [0.4, 0.5) is 10.5 Å². The molecule has 1 heterocycles. The molecule has 0 bridgehead atoms. The number of hydrogen-bond acceptors (Lipinski definition) is 2. The van der Waals surface area contributed by atoms with Gasteiger partial charge in [0, 0.05) is 24.8 Å². The number of rotatable bonds is 4. The van der Waals surface area contributed by atoms with Crippen LogP contribution in [-0.4, -0.2) is 30.6 Å². The molecule has 2 rings (SSSR count). The second kappa shape index (κ2) is 6.94. The van der Waals surface area contributed by atoms with Gasteiger partial charge in [0.05, 0.1) is 0 Å². The number of anilines is 1. The Labute approximate surface area is 127 Å². The van der Waals surface area contributed by atoms with E-state index in [1.165, 1.54) is 5.56 Å². The van der Waals surface area contributed by atoms with Gasteiger partial charge in [0.25, 0.3) is 0 Å². The second-order valence-corrected chi connectivity index (χ2v) is 6.19. The van der Waals surface area contributed by atoms with Crippen molar-refractivity contribution in [3.05, 3.63) is 29.8 Å². The number of benzene rings is 1.